The van der Waals surface area contributed by atoms with Crippen molar-refractivity contribution >= 4 is 41.9 Å². The van der Waals surface area contributed by atoms with Gasteiger partial charge in [0.25, 0.3) is 11.1 Å². The second-order valence-electron chi connectivity index (χ2n) is 11.8. The largest absolute Gasteiger partial charge is 0.415 e. The van der Waals surface area contributed by atoms with E-state index >= 15 is 0 Å². The van der Waals surface area contributed by atoms with Crippen LogP contribution >= 0.6 is 24.2 Å². The minimum atomic E-state index is -0.714. The number of halogens is 1. The maximum Gasteiger partial charge on any atom is 0.276 e. The summed E-state index contributed by atoms with van der Waals surface area (Å²) in [6.07, 6.45) is 6.07. The highest BCUT2D eigenvalue weighted by Gasteiger charge is 2.36. The van der Waals surface area contributed by atoms with E-state index in [-0.39, 0.29) is 47.3 Å². The number of carbonyl (C=O) groups is 3. The molecule has 1 aliphatic carbocycles. The van der Waals surface area contributed by atoms with Crippen LogP contribution in [0.2, 0.25) is 0 Å². The van der Waals surface area contributed by atoms with Crippen molar-refractivity contribution < 1.29 is 18.8 Å². The Morgan fingerprint density at radius 1 is 1.00 bits per heavy atom. The Morgan fingerprint density at radius 3 is 2.34 bits per heavy atom. The maximum atomic E-state index is 13.4. The lowest BCUT2D eigenvalue weighted by molar-refractivity contribution is -0.135. The van der Waals surface area contributed by atoms with Gasteiger partial charge in [0.2, 0.25) is 17.7 Å². The average molecular weight is 606 g/mol. The van der Waals surface area contributed by atoms with Crippen molar-refractivity contribution in [1.29, 1.82) is 0 Å². The number of benzene rings is 1. The Morgan fingerprint density at radius 2 is 1.68 bits per heavy atom. The highest BCUT2D eigenvalue weighted by molar-refractivity contribution is 7.99. The third-order valence-electron chi connectivity index (χ3n) is 7.57. The van der Waals surface area contributed by atoms with Crippen LogP contribution in [0.15, 0.2) is 33.9 Å². The monoisotopic (exact) mass is 605 g/mol. The van der Waals surface area contributed by atoms with Crippen LogP contribution in [0.5, 0.6) is 0 Å². The molecule has 1 saturated heterocycles. The van der Waals surface area contributed by atoms with Crippen molar-refractivity contribution in [3.05, 3.63) is 41.3 Å². The van der Waals surface area contributed by atoms with E-state index in [1.807, 2.05) is 52.0 Å². The summed E-state index contributed by atoms with van der Waals surface area (Å²) in [5, 5.41) is 14.6. The van der Waals surface area contributed by atoms with Crippen LogP contribution in [-0.4, -0.2) is 57.2 Å². The number of imide groups is 1. The molecule has 226 valence electrons. The molecule has 0 unspecified atom stereocenters. The van der Waals surface area contributed by atoms with E-state index in [0.29, 0.717) is 30.0 Å². The Kier molecular flexibility index (Phi) is 12.7. The molecule has 2 aromatic rings. The predicted molar refractivity (Wildman–Crippen MR) is 162 cm³/mol. The first-order valence-electron chi connectivity index (χ1n) is 14.7. The second-order valence-corrected chi connectivity index (χ2v) is 13.3. The van der Waals surface area contributed by atoms with E-state index in [9.17, 15) is 14.4 Å². The van der Waals surface area contributed by atoms with Gasteiger partial charge in [0.1, 0.15) is 5.92 Å². The smallest absolute Gasteiger partial charge is 0.276 e. The molecule has 0 bridgehead atoms. The molecule has 9 nitrogen and oxygen atoms in total. The lowest BCUT2D eigenvalue weighted by atomic mass is 9.83. The standard InChI is InChI=1S/C30H43N5O4S.ClH/c1-19(2)17-24(29-33-34-30(39-29)40-20(3)4)28(38)32-27(37)23-9-5-6-10-25(23)31-26(36)22-13-11-21(12-14-22)18-35-15-7-8-16-35;/h11-14,19-20,23-25H,5-10,15-18H2,1-4H3,(H,31,36)(H,32,37,38);1H/t23-,24-,25+;/m1./s1. The van der Waals surface area contributed by atoms with Gasteiger partial charge in [-0.2, -0.15) is 0 Å². The minimum absolute atomic E-state index is 0. The number of likely N-dealkylation sites (tertiary alicyclic amines) is 1. The first kappa shape index (κ1) is 33.1. The summed E-state index contributed by atoms with van der Waals surface area (Å²) in [6.45, 7) is 11.2. The van der Waals surface area contributed by atoms with Crippen molar-refractivity contribution in [1.82, 2.24) is 25.7 Å². The molecule has 1 aromatic heterocycles. The van der Waals surface area contributed by atoms with Crippen molar-refractivity contribution in [2.45, 2.75) is 102 Å². The summed E-state index contributed by atoms with van der Waals surface area (Å²) in [5.41, 5.74) is 1.77. The number of nitrogens with one attached hydrogen (secondary N) is 2. The van der Waals surface area contributed by atoms with E-state index in [1.165, 1.54) is 30.2 Å². The number of carbonyl (C=O) groups excluding carboxylic acids is 3. The van der Waals surface area contributed by atoms with Gasteiger partial charge in [-0.1, -0.05) is 64.4 Å². The lowest BCUT2D eigenvalue weighted by Gasteiger charge is -2.31. The fourth-order valence-corrected chi connectivity index (χ4v) is 6.16. The number of hydrogen-bond donors (Lipinski definition) is 2. The summed E-state index contributed by atoms with van der Waals surface area (Å²) >= 11 is 1.43. The fourth-order valence-electron chi connectivity index (χ4n) is 5.53. The third-order valence-corrected chi connectivity index (χ3v) is 8.40. The SMILES string of the molecule is CC(C)C[C@H](C(=O)NC(=O)[C@@H]1CCCC[C@@H]1NC(=O)c1ccc(CN2CCCC2)cc1)c1nnc(SC(C)C)o1.Cl. The number of amides is 3. The van der Waals surface area contributed by atoms with Crippen LogP contribution in [0.4, 0.5) is 0 Å². The quantitative estimate of drug-likeness (QED) is 0.329. The number of nitrogens with zero attached hydrogens (tertiary/aromatic N) is 3. The van der Waals surface area contributed by atoms with Crippen molar-refractivity contribution in [3.63, 3.8) is 0 Å². The molecule has 0 radical (unpaired) electrons. The summed E-state index contributed by atoms with van der Waals surface area (Å²) < 4.78 is 5.78. The highest BCUT2D eigenvalue weighted by Crippen LogP contribution is 2.29. The van der Waals surface area contributed by atoms with Crippen LogP contribution in [0, 0.1) is 11.8 Å². The molecule has 11 heteroatoms. The van der Waals surface area contributed by atoms with Gasteiger partial charge in [-0.15, -0.1) is 22.6 Å². The van der Waals surface area contributed by atoms with Gasteiger partial charge in [0, 0.05) is 23.4 Å². The molecule has 2 aliphatic rings. The molecule has 41 heavy (non-hydrogen) atoms. The van der Waals surface area contributed by atoms with Crippen molar-refractivity contribution in [2.24, 2.45) is 11.8 Å². The zero-order chi connectivity index (χ0) is 28.6. The van der Waals surface area contributed by atoms with Crippen LogP contribution in [0.25, 0.3) is 0 Å². The molecule has 0 spiro atoms. The molecule has 3 amide bonds. The second kappa shape index (κ2) is 15.7. The summed E-state index contributed by atoms with van der Waals surface area (Å²) in [4.78, 5) is 42.2. The fraction of sp³-hybridized carbons (Fsp3) is 0.633. The average Bonchev–Trinajstić information content (AvgIpc) is 3.59. The van der Waals surface area contributed by atoms with Gasteiger partial charge in [-0.25, -0.2) is 0 Å². The first-order valence-corrected chi connectivity index (χ1v) is 15.5. The molecule has 1 aromatic carbocycles. The number of hydrogen-bond acceptors (Lipinski definition) is 8. The molecule has 2 heterocycles. The van der Waals surface area contributed by atoms with E-state index in [2.05, 4.69) is 25.7 Å². The molecule has 4 rings (SSSR count). The Balaban J connectivity index is 0.00000462. The summed E-state index contributed by atoms with van der Waals surface area (Å²) in [5.74, 6) is -1.78. The van der Waals surface area contributed by atoms with Crippen molar-refractivity contribution in [2.75, 3.05) is 13.1 Å². The van der Waals surface area contributed by atoms with E-state index in [0.717, 1.165) is 32.5 Å². The molecule has 3 atom stereocenters. The number of thioether (sulfide) groups is 1. The van der Waals surface area contributed by atoms with Crippen LogP contribution < -0.4 is 10.6 Å². The molecule has 2 N–H and O–H groups in total. The van der Waals surface area contributed by atoms with Crippen LogP contribution in [-0.2, 0) is 16.1 Å². The maximum absolute atomic E-state index is 13.4. The summed E-state index contributed by atoms with van der Waals surface area (Å²) in [6, 6.07) is 7.39. The summed E-state index contributed by atoms with van der Waals surface area (Å²) in [7, 11) is 0. The van der Waals surface area contributed by atoms with Gasteiger partial charge < -0.3 is 9.73 Å². The Hall–Kier alpha value is -2.43. The van der Waals surface area contributed by atoms with E-state index in [4.69, 9.17) is 4.42 Å². The number of aromatic nitrogens is 2. The molecular formula is C30H44ClN5O4S. The molecule has 1 saturated carbocycles. The minimum Gasteiger partial charge on any atom is -0.415 e. The zero-order valence-corrected chi connectivity index (χ0v) is 26.2. The van der Waals surface area contributed by atoms with Gasteiger partial charge >= 0.3 is 0 Å². The van der Waals surface area contributed by atoms with E-state index < -0.39 is 17.7 Å². The highest BCUT2D eigenvalue weighted by atomic mass is 35.5. The lowest BCUT2D eigenvalue weighted by Crippen LogP contribution is -2.50. The third kappa shape index (κ3) is 9.54. The molecule has 2 fully saturated rings. The van der Waals surface area contributed by atoms with Crippen molar-refractivity contribution in [3.8, 4) is 0 Å². The van der Waals surface area contributed by atoms with E-state index in [1.54, 1.807) is 0 Å². The topological polar surface area (TPSA) is 117 Å². The first-order chi connectivity index (χ1) is 19.2. The zero-order valence-electron chi connectivity index (χ0n) is 24.6. The molecule has 1 aliphatic heterocycles. The van der Waals surface area contributed by atoms with Gasteiger partial charge in [-0.05, 0) is 68.8 Å². The Bertz CT molecular complexity index is 1150. The van der Waals surface area contributed by atoms with Crippen LogP contribution in [0.1, 0.15) is 100 Å². The predicted octanol–water partition coefficient (Wildman–Crippen LogP) is 5.35. The van der Waals surface area contributed by atoms with Gasteiger partial charge in [0.05, 0.1) is 5.92 Å². The number of rotatable bonds is 11. The van der Waals surface area contributed by atoms with Gasteiger partial charge in [0.15, 0.2) is 0 Å². The molecular weight excluding hydrogens is 562 g/mol. The van der Waals surface area contributed by atoms with Crippen LogP contribution in [0.3, 0.4) is 0 Å². The normalized spacial score (nSPS) is 20.0. The Labute approximate surface area is 253 Å². The van der Waals surface area contributed by atoms with Gasteiger partial charge in [-0.3, -0.25) is 24.6 Å².